The number of carbonyl (C=O) groups excluding carboxylic acids is 2. The second-order valence-corrected chi connectivity index (χ2v) is 9.09. The van der Waals surface area contributed by atoms with Gasteiger partial charge in [-0.1, -0.05) is 39.8 Å². The van der Waals surface area contributed by atoms with Crippen molar-refractivity contribution in [3.05, 3.63) is 29.8 Å². The third kappa shape index (κ3) is 4.19. The average Bonchev–Trinajstić information content (AvgIpc) is 2.82. The van der Waals surface area contributed by atoms with E-state index in [1.165, 1.54) is 5.56 Å². The molecule has 2 bridgehead atoms. The van der Waals surface area contributed by atoms with Crippen LogP contribution in [0.2, 0.25) is 0 Å². The second-order valence-electron chi connectivity index (χ2n) is 9.09. The number of fused-ring (bicyclic) bond motifs is 2. The molecule has 1 heterocycles. The molecular formula is C21H31N3O2. The minimum absolute atomic E-state index is 0.0212. The van der Waals surface area contributed by atoms with E-state index in [9.17, 15) is 9.59 Å². The first-order valence-corrected chi connectivity index (χ1v) is 9.63. The van der Waals surface area contributed by atoms with E-state index in [4.69, 9.17) is 0 Å². The lowest BCUT2D eigenvalue weighted by Gasteiger charge is -2.39. The third-order valence-corrected chi connectivity index (χ3v) is 5.76. The van der Waals surface area contributed by atoms with E-state index >= 15 is 0 Å². The summed E-state index contributed by atoms with van der Waals surface area (Å²) >= 11 is 0. The Kier molecular flexibility index (Phi) is 5.00. The molecule has 1 aliphatic carbocycles. The lowest BCUT2D eigenvalue weighted by atomic mass is 9.65. The zero-order chi connectivity index (χ0) is 18.9. The highest BCUT2D eigenvalue weighted by atomic mass is 16.2. The summed E-state index contributed by atoms with van der Waals surface area (Å²) in [6.45, 7) is 9.82. The van der Waals surface area contributed by atoms with Crippen LogP contribution < -0.4 is 10.6 Å². The van der Waals surface area contributed by atoms with Gasteiger partial charge in [-0.2, -0.15) is 0 Å². The fourth-order valence-electron chi connectivity index (χ4n) is 5.01. The Bertz CT molecular complexity index is 683. The zero-order valence-electron chi connectivity index (χ0n) is 16.4. The Hall–Kier alpha value is -2.04. The van der Waals surface area contributed by atoms with Crippen LogP contribution in [0.1, 0.15) is 52.5 Å². The van der Waals surface area contributed by atoms with Crippen LogP contribution in [0.4, 0.5) is 10.5 Å². The van der Waals surface area contributed by atoms with Gasteiger partial charge >= 0.3 is 6.03 Å². The van der Waals surface area contributed by atoms with Gasteiger partial charge in [0.1, 0.15) is 0 Å². The molecule has 5 nitrogen and oxygen atoms in total. The zero-order valence-corrected chi connectivity index (χ0v) is 16.4. The maximum atomic E-state index is 12.7. The monoisotopic (exact) mass is 357 g/mol. The molecule has 1 aromatic carbocycles. The van der Waals surface area contributed by atoms with Gasteiger partial charge in [0.2, 0.25) is 5.91 Å². The largest absolute Gasteiger partial charge is 0.338 e. The Labute approximate surface area is 156 Å². The topological polar surface area (TPSA) is 61.4 Å². The first kappa shape index (κ1) is 18.7. The highest BCUT2D eigenvalue weighted by Gasteiger charge is 2.50. The summed E-state index contributed by atoms with van der Waals surface area (Å²) in [5.74, 6) is 0.0212. The van der Waals surface area contributed by atoms with E-state index in [0.29, 0.717) is 6.04 Å². The summed E-state index contributed by atoms with van der Waals surface area (Å²) in [5.41, 5.74) is 2.45. The molecule has 3 amide bonds. The highest BCUT2D eigenvalue weighted by Crippen LogP contribution is 2.52. The molecule has 1 aromatic rings. The first-order chi connectivity index (χ1) is 12.2. The van der Waals surface area contributed by atoms with Crippen LogP contribution in [-0.4, -0.2) is 36.0 Å². The number of rotatable bonds is 4. The summed E-state index contributed by atoms with van der Waals surface area (Å²) in [6.07, 6.45) is 4.25. The average molecular weight is 357 g/mol. The molecule has 3 rings (SSSR count). The van der Waals surface area contributed by atoms with Crippen molar-refractivity contribution in [2.75, 3.05) is 18.4 Å². The van der Waals surface area contributed by atoms with Crippen molar-refractivity contribution in [2.45, 2.75) is 59.4 Å². The molecule has 2 unspecified atom stereocenters. The molecule has 0 aromatic heterocycles. The predicted molar refractivity (Wildman–Crippen MR) is 104 cm³/mol. The third-order valence-electron chi connectivity index (χ3n) is 5.76. The van der Waals surface area contributed by atoms with Gasteiger partial charge in [-0.05, 0) is 54.2 Å². The molecule has 142 valence electrons. The molecule has 2 aliphatic rings. The molecule has 1 saturated heterocycles. The van der Waals surface area contributed by atoms with Crippen LogP contribution in [-0.2, 0) is 11.2 Å². The van der Waals surface area contributed by atoms with E-state index in [2.05, 4.69) is 38.3 Å². The van der Waals surface area contributed by atoms with Crippen molar-refractivity contribution in [1.29, 1.82) is 0 Å². The van der Waals surface area contributed by atoms with Crippen molar-refractivity contribution in [3.63, 3.8) is 0 Å². The summed E-state index contributed by atoms with van der Waals surface area (Å²) in [7, 11) is 0. The maximum absolute atomic E-state index is 12.7. The Morgan fingerprint density at radius 3 is 2.50 bits per heavy atom. The number of benzene rings is 1. The Balaban J connectivity index is 1.51. The summed E-state index contributed by atoms with van der Waals surface area (Å²) in [4.78, 5) is 26.7. The highest BCUT2D eigenvalue weighted by molar-refractivity contribution is 5.92. The SMILES string of the molecule is CCc1ccc(NC(=O)NCC(=O)N2CC3(C)CC2CC(C)(C)C3)cc1. The molecule has 5 heteroatoms. The van der Waals surface area contributed by atoms with Crippen LogP contribution in [0.15, 0.2) is 24.3 Å². The number of nitrogens with one attached hydrogen (secondary N) is 2. The van der Waals surface area contributed by atoms with Crippen molar-refractivity contribution in [3.8, 4) is 0 Å². The fourth-order valence-corrected chi connectivity index (χ4v) is 5.01. The number of carbonyl (C=O) groups is 2. The smallest absolute Gasteiger partial charge is 0.319 e. The van der Waals surface area contributed by atoms with Crippen molar-refractivity contribution in [2.24, 2.45) is 10.8 Å². The number of hydrogen-bond donors (Lipinski definition) is 2. The first-order valence-electron chi connectivity index (χ1n) is 9.63. The van der Waals surface area contributed by atoms with Gasteiger partial charge in [0, 0.05) is 18.3 Å². The van der Waals surface area contributed by atoms with Gasteiger partial charge in [-0.3, -0.25) is 4.79 Å². The van der Waals surface area contributed by atoms with Crippen molar-refractivity contribution in [1.82, 2.24) is 10.2 Å². The van der Waals surface area contributed by atoms with Gasteiger partial charge in [0.05, 0.1) is 6.54 Å². The maximum Gasteiger partial charge on any atom is 0.319 e. The quantitative estimate of drug-likeness (QED) is 0.861. The van der Waals surface area contributed by atoms with E-state index in [1.54, 1.807) is 0 Å². The summed E-state index contributed by atoms with van der Waals surface area (Å²) in [5, 5.41) is 5.49. The molecule has 1 saturated carbocycles. The normalized spacial score (nSPS) is 26.5. The van der Waals surface area contributed by atoms with E-state index < -0.39 is 0 Å². The van der Waals surface area contributed by atoms with E-state index in [-0.39, 0.29) is 29.3 Å². The Morgan fingerprint density at radius 1 is 1.15 bits per heavy atom. The van der Waals surface area contributed by atoms with Gasteiger partial charge in [0.25, 0.3) is 0 Å². The van der Waals surface area contributed by atoms with Gasteiger partial charge in [-0.25, -0.2) is 4.79 Å². The molecule has 0 spiro atoms. The van der Waals surface area contributed by atoms with Crippen molar-refractivity contribution < 1.29 is 9.59 Å². The van der Waals surface area contributed by atoms with Crippen LogP contribution in [0.3, 0.4) is 0 Å². The van der Waals surface area contributed by atoms with Crippen LogP contribution in [0.5, 0.6) is 0 Å². The molecule has 1 aliphatic heterocycles. The number of aryl methyl sites for hydroxylation is 1. The van der Waals surface area contributed by atoms with Crippen LogP contribution >= 0.6 is 0 Å². The minimum atomic E-state index is -0.337. The van der Waals surface area contributed by atoms with E-state index in [1.807, 2.05) is 29.2 Å². The number of amides is 3. The lowest BCUT2D eigenvalue weighted by Crippen LogP contribution is -2.44. The van der Waals surface area contributed by atoms with Gasteiger partial charge in [-0.15, -0.1) is 0 Å². The second kappa shape index (κ2) is 6.93. The predicted octanol–water partition coefficient (Wildman–Crippen LogP) is 3.80. The standard InChI is InChI=1S/C21H31N3O2/c1-5-15-6-8-16(9-7-15)23-19(26)22-12-18(25)24-14-21(4)11-17(24)10-20(2,3)13-21/h6-9,17H,5,10-14H2,1-4H3,(H2,22,23,26). The summed E-state index contributed by atoms with van der Waals surface area (Å²) in [6, 6.07) is 7.72. The number of nitrogens with zero attached hydrogens (tertiary/aromatic N) is 1. The number of hydrogen-bond acceptors (Lipinski definition) is 2. The van der Waals surface area contributed by atoms with Crippen LogP contribution in [0.25, 0.3) is 0 Å². The minimum Gasteiger partial charge on any atom is -0.338 e. The molecule has 2 fully saturated rings. The van der Waals surface area contributed by atoms with Crippen LogP contribution in [0, 0.1) is 10.8 Å². The number of urea groups is 1. The Morgan fingerprint density at radius 2 is 1.85 bits per heavy atom. The summed E-state index contributed by atoms with van der Waals surface area (Å²) < 4.78 is 0. The fraction of sp³-hybridized carbons (Fsp3) is 0.619. The van der Waals surface area contributed by atoms with E-state index in [0.717, 1.165) is 37.9 Å². The molecule has 2 N–H and O–H groups in total. The molecule has 2 atom stereocenters. The van der Waals surface area contributed by atoms with Gasteiger partial charge < -0.3 is 15.5 Å². The van der Waals surface area contributed by atoms with Crippen molar-refractivity contribution >= 4 is 17.6 Å². The number of likely N-dealkylation sites (tertiary alicyclic amines) is 1. The molecule has 26 heavy (non-hydrogen) atoms. The van der Waals surface area contributed by atoms with Gasteiger partial charge in [0.15, 0.2) is 0 Å². The number of anilines is 1. The molecule has 0 radical (unpaired) electrons. The lowest BCUT2D eigenvalue weighted by molar-refractivity contribution is -0.131. The molecular weight excluding hydrogens is 326 g/mol.